The lowest BCUT2D eigenvalue weighted by Crippen LogP contribution is -2.28. The second-order valence-electron chi connectivity index (χ2n) is 4.64. The minimum Gasteiger partial charge on any atom is -0.340 e. The average molecular weight is 283 g/mol. The van der Waals surface area contributed by atoms with Gasteiger partial charge in [0, 0.05) is 29.2 Å². The largest absolute Gasteiger partial charge is 0.340 e. The summed E-state index contributed by atoms with van der Waals surface area (Å²) in [7, 11) is 0. The van der Waals surface area contributed by atoms with Gasteiger partial charge in [-0.05, 0) is 42.5 Å². The third-order valence-corrected chi connectivity index (χ3v) is 3.67. The molecule has 0 fully saturated rings. The molecule has 0 amide bonds. The summed E-state index contributed by atoms with van der Waals surface area (Å²) in [5, 5.41) is 9.63. The number of hydrogen-bond acceptors (Lipinski definition) is 3. The molecule has 98 valence electrons. The molecule has 0 spiro atoms. The molecule has 1 aliphatic rings. The Morgan fingerprint density at radius 2 is 1.90 bits per heavy atom. The van der Waals surface area contributed by atoms with Gasteiger partial charge in [-0.3, -0.25) is 4.79 Å². The Balaban J connectivity index is 2.09. The fourth-order valence-corrected chi connectivity index (χ4v) is 2.55. The van der Waals surface area contributed by atoms with Gasteiger partial charge in [0.05, 0.1) is 17.3 Å². The summed E-state index contributed by atoms with van der Waals surface area (Å²) >= 11 is 5.90. The second-order valence-corrected chi connectivity index (χ2v) is 5.08. The minimum atomic E-state index is 0.0855. The molecule has 0 bridgehead atoms. The Bertz CT molecular complexity index is 716. The first kappa shape index (κ1) is 12.7. The van der Waals surface area contributed by atoms with E-state index >= 15 is 0 Å². The third kappa shape index (κ3) is 2.15. The maximum Gasteiger partial charge on any atom is 0.166 e. The topological polar surface area (TPSA) is 44.1 Å². The summed E-state index contributed by atoms with van der Waals surface area (Å²) in [6.45, 7) is 0.638. The lowest BCUT2D eigenvalue weighted by atomic mass is 9.97. The molecule has 2 aromatic carbocycles. The zero-order valence-corrected chi connectivity index (χ0v) is 11.4. The van der Waals surface area contributed by atoms with Gasteiger partial charge < -0.3 is 4.90 Å². The minimum absolute atomic E-state index is 0.0855. The predicted molar refractivity (Wildman–Crippen MR) is 78.6 cm³/mol. The number of anilines is 2. The first-order valence-corrected chi connectivity index (χ1v) is 6.67. The summed E-state index contributed by atoms with van der Waals surface area (Å²) in [5.41, 5.74) is 2.97. The molecular weight excluding hydrogens is 272 g/mol. The number of nitriles is 1. The molecule has 3 nitrogen and oxygen atoms in total. The molecule has 1 heterocycles. The monoisotopic (exact) mass is 282 g/mol. The van der Waals surface area contributed by atoms with Gasteiger partial charge in [-0.2, -0.15) is 5.26 Å². The van der Waals surface area contributed by atoms with Crippen LogP contribution in [-0.4, -0.2) is 12.3 Å². The first-order valence-electron chi connectivity index (χ1n) is 6.29. The number of carbonyl (C=O) groups excluding carboxylic acids is 1. The van der Waals surface area contributed by atoms with Crippen LogP contribution in [0.2, 0.25) is 5.02 Å². The zero-order valence-electron chi connectivity index (χ0n) is 10.6. The fraction of sp³-hybridized carbons (Fsp3) is 0.125. The average Bonchev–Trinajstić information content (AvgIpc) is 2.49. The van der Waals surface area contributed by atoms with Crippen molar-refractivity contribution in [2.45, 2.75) is 6.42 Å². The number of halogens is 1. The molecule has 0 radical (unpaired) electrons. The van der Waals surface area contributed by atoms with Crippen LogP contribution in [0.25, 0.3) is 0 Å². The summed E-state index contributed by atoms with van der Waals surface area (Å²) < 4.78 is 0. The molecule has 0 N–H and O–H groups in total. The van der Waals surface area contributed by atoms with Crippen molar-refractivity contribution in [2.24, 2.45) is 0 Å². The van der Waals surface area contributed by atoms with Crippen molar-refractivity contribution >= 4 is 28.8 Å². The van der Waals surface area contributed by atoms with E-state index in [0.29, 0.717) is 29.1 Å². The SMILES string of the molecule is N#Cc1ccc2c(c1)C(=O)CCN2c1ccc(Cl)cc1. The van der Waals surface area contributed by atoms with Crippen molar-refractivity contribution in [3.63, 3.8) is 0 Å². The molecule has 0 aliphatic carbocycles. The van der Waals surface area contributed by atoms with E-state index in [-0.39, 0.29) is 5.78 Å². The first-order chi connectivity index (χ1) is 9.69. The van der Waals surface area contributed by atoms with Gasteiger partial charge in [0.15, 0.2) is 5.78 Å². The fourth-order valence-electron chi connectivity index (χ4n) is 2.42. The summed E-state index contributed by atoms with van der Waals surface area (Å²) in [6, 6.07) is 14.8. The normalized spacial score (nSPS) is 13.8. The van der Waals surface area contributed by atoms with Crippen LogP contribution in [0.4, 0.5) is 11.4 Å². The van der Waals surface area contributed by atoms with E-state index in [1.807, 2.05) is 30.3 Å². The lowest BCUT2D eigenvalue weighted by molar-refractivity contribution is 0.0981. The molecule has 0 saturated carbocycles. The van der Waals surface area contributed by atoms with Crippen LogP contribution < -0.4 is 4.90 Å². The Morgan fingerprint density at radius 3 is 2.60 bits per heavy atom. The molecule has 0 unspecified atom stereocenters. The van der Waals surface area contributed by atoms with Gasteiger partial charge in [0.25, 0.3) is 0 Å². The molecule has 0 saturated heterocycles. The van der Waals surface area contributed by atoms with E-state index in [0.717, 1.165) is 11.4 Å². The van der Waals surface area contributed by atoms with E-state index in [1.54, 1.807) is 12.1 Å². The van der Waals surface area contributed by atoms with E-state index in [4.69, 9.17) is 16.9 Å². The van der Waals surface area contributed by atoms with Gasteiger partial charge in [0.1, 0.15) is 0 Å². The smallest absolute Gasteiger partial charge is 0.166 e. The van der Waals surface area contributed by atoms with Crippen LogP contribution in [-0.2, 0) is 0 Å². The van der Waals surface area contributed by atoms with Crippen LogP contribution >= 0.6 is 11.6 Å². The van der Waals surface area contributed by atoms with Crippen molar-refractivity contribution in [1.82, 2.24) is 0 Å². The predicted octanol–water partition coefficient (Wildman–Crippen LogP) is 3.94. The van der Waals surface area contributed by atoms with Crippen LogP contribution in [0.15, 0.2) is 42.5 Å². The highest BCUT2D eigenvalue weighted by atomic mass is 35.5. The molecule has 0 aromatic heterocycles. The quantitative estimate of drug-likeness (QED) is 0.796. The number of Topliss-reactive ketones (excluding diaryl/α,β-unsaturated/α-hetero) is 1. The molecular formula is C16H11ClN2O. The second kappa shape index (κ2) is 4.99. The van der Waals surface area contributed by atoms with Crippen LogP contribution in [0.5, 0.6) is 0 Å². The lowest BCUT2D eigenvalue weighted by Gasteiger charge is -2.30. The van der Waals surface area contributed by atoms with Crippen molar-refractivity contribution in [3.05, 3.63) is 58.6 Å². The van der Waals surface area contributed by atoms with E-state index < -0.39 is 0 Å². The maximum absolute atomic E-state index is 12.0. The van der Waals surface area contributed by atoms with Crippen LogP contribution in [0.3, 0.4) is 0 Å². The van der Waals surface area contributed by atoms with Gasteiger partial charge in [-0.1, -0.05) is 11.6 Å². The molecule has 20 heavy (non-hydrogen) atoms. The van der Waals surface area contributed by atoms with Gasteiger partial charge in [0.2, 0.25) is 0 Å². The summed E-state index contributed by atoms with van der Waals surface area (Å²) in [6.07, 6.45) is 0.449. The van der Waals surface area contributed by atoms with Crippen molar-refractivity contribution < 1.29 is 4.79 Å². The zero-order chi connectivity index (χ0) is 14.1. The van der Waals surface area contributed by atoms with E-state index in [1.165, 1.54) is 0 Å². The number of benzene rings is 2. The number of hydrogen-bond donors (Lipinski definition) is 0. The number of nitrogens with zero attached hydrogens (tertiary/aromatic N) is 2. The van der Waals surface area contributed by atoms with E-state index in [9.17, 15) is 4.79 Å². The number of fused-ring (bicyclic) bond motifs is 1. The Labute approximate surface area is 122 Å². The highest BCUT2D eigenvalue weighted by molar-refractivity contribution is 6.30. The van der Waals surface area contributed by atoms with Crippen LogP contribution in [0.1, 0.15) is 22.3 Å². The van der Waals surface area contributed by atoms with Gasteiger partial charge in [-0.15, -0.1) is 0 Å². The van der Waals surface area contributed by atoms with Gasteiger partial charge in [-0.25, -0.2) is 0 Å². The van der Waals surface area contributed by atoms with Crippen molar-refractivity contribution in [1.29, 1.82) is 5.26 Å². The number of carbonyl (C=O) groups is 1. The summed E-state index contributed by atoms with van der Waals surface area (Å²) in [4.78, 5) is 14.1. The van der Waals surface area contributed by atoms with Crippen molar-refractivity contribution in [2.75, 3.05) is 11.4 Å². The molecule has 4 heteroatoms. The Kier molecular flexibility index (Phi) is 3.17. The highest BCUT2D eigenvalue weighted by Gasteiger charge is 2.24. The van der Waals surface area contributed by atoms with Gasteiger partial charge >= 0.3 is 0 Å². The van der Waals surface area contributed by atoms with Crippen LogP contribution in [0, 0.1) is 11.3 Å². The molecule has 0 atom stereocenters. The maximum atomic E-state index is 12.0. The molecule has 3 rings (SSSR count). The third-order valence-electron chi connectivity index (χ3n) is 3.42. The summed E-state index contributed by atoms with van der Waals surface area (Å²) in [5.74, 6) is 0.0855. The van der Waals surface area contributed by atoms with Crippen molar-refractivity contribution in [3.8, 4) is 6.07 Å². The highest BCUT2D eigenvalue weighted by Crippen LogP contribution is 2.34. The number of ketones is 1. The molecule has 1 aliphatic heterocycles. The Hall–Kier alpha value is -2.31. The van der Waals surface area contributed by atoms with E-state index in [2.05, 4.69) is 11.0 Å². The number of rotatable bonds is 1. The Morgan fingerprint density at radius 1 is 1.15 bits per heavy atom. The standard InChI is InChI=1S/C16H11ClN2O/c17-12-2-4-13(5-3-12)19-8-7-16(20)14-9-11(10-18)1-6-15(14)19/h1-6,9H,7-8H2. The molecule has 2 aromatic rings.